The van der Waals surface area contributed by atoms with E-state index in [1.165, 1.54) is 20.0 Å². The van der Waals surface area contributed by atoms with Crippen molar-refractivity contribution in [3.05, 3.63) is 0 Å². The number of carbonyl (C=O) groups is 2. The summed E-state index contributed by atoms with van der Waals surface area (Å²) in [7, 11) is 1.35. The van der Waals surface area contributed by atoms with E-state index >= 15 is 0 Å². The Morgan fingerprint density at radius 1 is 1.18 bits per heavy atom. The second-order valence-electron chi connectivity index (χ2n) is 4.62. The Morgan fingerprint density at radius 3 is 2.24 bits per heavy atom. The molecule has 1 aliphatic rings. The zero-order valence-electron chi connectivity index (χ0n) is 10.9. The number of carbonyl (C=O) groups excluding carboxylic acids is 2. The molecular weight excluding hydrogens is 218 g/mol. The molecule has 1 amide bonds. The average molecular weight is 241 g/mol. The molecule has 0 atom stereocenters. The maximum absolute atomic E-state index is 12.3. The van der Waals surface area contributed by atoms with E-state index in [2.05, 4.69) is 4.74 Å². The SMILES string of the molecule is CCN(CC(=O)OC)C(=O)C1CCCCCC1. The fraction of sp³-hybridized carbons (Fsp3) is 0.846. The first kappa shape index (κ1) is 14.0. The summed E-state index contributed by atoms with van der Waals surface area (Å²) in [6.07, 6.45) is 6.66. The first-order chi connectivity index (χ1) is 8.19. The predicted octanol–water partition coefficient (Wildman–Crippen LogP) is 1.98. The Hall–Kier alpha value is -1.06. The van der Waals surface area contributed by atoms with E-state index < -0.39 is 0 Å². The summed E-state index contributed by atoms with van der Waals surface area (Å²) >= 11 is 0. The molecule has 1 saturated carbocycles. The lowest BCUT2D eigenvalue weighted by Gasteiger charge is -2.24. The van der Waals surface area contributed by atoms with E-state index in [0.717, 1.165) is 25.7 Å². The molecule has 1 fully saturated rings. The van der Waals surface area contributed by atoms with E-state index in [9.17, 15) is 9.59 Å². The zero-order valence-corrected chi connectivity index (χ0v) is 10.9. The first-order valence-corrected chi connectivity index (χ1v) is 6.54. The van der Waals surface area contributed by atoms with Gasteiger partial charge in [0.2, 0.25) is 5.91 Å². The fourth-order valence-electron chi connectivity index (χ4n) is 2.35. The smallest absolute Gasteiger partial charge is 0.325 e. The largest absolute Gasteiger partial charge is 0.468 e. The highest BCUT2D eigenvalue weighted by atomic mass is 16.5. The van der Waals surface area contributed by atoms with Crippen LogP contribution in [0.5, 0.6) is 0 Å². The topological polar surface area (TPSA) is 46.6 Å². The number of rotatable bonds is 4. The van der Waals surface area contributed by atoms with Crippen LogP contribution in [-0.2, 0) is 14.3 Å². The van der Waals surface area contributed by atoms with Crippen molar-refractivity contribution in [2.45, 2.75) is 45.4 Å². The van der Waals surface area contributed by atoms with Crippen molar-refractivity contribution in [3.63, 3.8) is 0 Å². The Morgan fingerprint density at radius 2 is 1.76 bits per heavy atom. The highest BCUT2D eigenvalue weighted by Crippen LogP contribution is 2.24. The van der Waals surface area contributed by atoms with Crippen LogP contribution < -0.4 is 0 Å². The molecule has 0 radical (unpaired) electrons. The van der Waals surface area contributed by atoms with Gasteiger partial charge in [-0.15, -0.1) is 0 Å². The van der Waals surface area contributed by atoms with Gasteiger partial charge >= 0.3 is 5.97 Å². The molecule has 0 aromatic heterocycles. The lowest BCUT2D eigenvalue weighted by Crippen LogP contribution is -2.39. The second-order valence-corrected chi connectivity index (χ2v) is 4.62. The van der Waals surface area contributed by atoms with Gasteiger partial charge in [0.05, 0.1) is 7.11 Å². The molecule has 17 heavy (non-hydrogen) atoms. The predicted molar refractivity (Wildman–Crippen MR) is 65.5 cm³/mol. The maximum atomic E-state index is 12.3. The van der Waals surface area contributed by atoms with E-state index in [0.29, 0.717) is 6.54 Å². The summed E-state index contributed by atoms with van der Waals surface area (Å²) in [5.41, 5.74) is 0. The van der Waals surface area contributed by atoms with Crippen molar-refractivity contribution in [3.8, 4) is 0 Å². The minimum absolute atomic E-state index is 0.0856. The molecule has 0 heterocycles. The quantitative estimate of drug-likeness (QED) is 0.558. The molecule has 98 valence electrons. The van der Waals surface area contributed by atoms with Crippen LogP contribution in [0.4, 0.5) is 0 Å². The van der Waals surface area contributed by atoms with Gasteiger partial charge in [0.1, 0.15) is 6.54 Å². The van der Waals surface area contributed by atoms with Gasteiger partial charge in [-0.3, -0.25) is 9.59 Å². The summed E-state index contributed by atoms with van der Waals surface area (Å²) in [5, 5.41) is 0. The molecule has 0 spiro atoms. The summed E-state index contributed by atoms with van der Waals surface area (Å²) in [6, 6.07) is 0. The maximum Gasteiger partial charge on any atom is 0.325 e. The van der Waals surface area contributed by atoms with Crippen LogP contribution in [0.1, 0.15) is 45.4 Å². The van der Waals surface area contributed by atoms with Gasteiger partial charge in [0, 0.05) is 12.5 Å². The highest BCUT2D eigenvalue weighted by molar-refractivity contribution is 5.83. The van der Waals surface area contributed by atoms with Gasteiger partial charge in [-0.05, 0) is 19.8 Å². The lowest BCUT2D eigenvalue weighted by atomic mass is 9.98. The van der Waals surface area contributed by atoms with Crippen LogP contribution in [-0.4, -0.2) is 37.0 Å². The summed E-state index contributed by atoms with van der Waals surface area (Å²) in [5.74, 6) is -0.101. The first-order valence-electron chi connectivity index (χ1n) is 6.54. The minimum atomic E-state index is -0.339. The van der Waals surface area contributed by atoms with E-state index in [1.54, 1.807) is 4.90 Å². The number of ether oxygens (including phenoxy) is 1. The number of likely N-dealkylation sites (N-methyl/N-ethyl adjacent to an activating group) is 1. The van der Waals surface area contributed by atoms with Crippen LogP contribution in [0.3, 0.4) is 0 Å². The number of amides is 1. The van der Waals surface area contributed by atoms with Gasteiger partial charge in [0.25, 0.3) is 0 Å². The third kappa shape index (κ3) is 4.36. The van der Waals surface area contributed by atoms with E-state index in [4.69, 9.17) is 0 Å². The fourth-order valence-corrected chi connectivity index (χ4v) is 2.35. The summed E-state index contributed by atoms with van der Waals surface area (Å²) < 4.78 is 4.61. The standard InChI is InChI=1S/C13H23NO3/c1-3-14(10-12(15)17-2)13(16)11-8-6-4-5-7-9-11/h11H,3-10H2,1-2H3. The zero-order chi connectivity index (χ0) is 12.7. The number of nitrogens with zero attached hydrogens (tertiary/aromatic N) is 1. The molecule has 4 nitrogen and oxygen atoms in total. The number of methoxy groups -OCH3 is 1. The second kappa shape index (κ2) is 7.30. The van der Waals surface area contributed by atoms with Crippen LogP contribution in [0.25, 0.3) is 0 Å². The third-order valence-corrected chi connectivity index (χ3v) is 3.45. The average Bonchev–Trinajstić information content (AvgIpc) is 2.63. The van der Waals surface area contributed by atoms with Crippen molar-refractivity contribution in [1.82, 2.24) is 4.90 Å². The molecule has 0 aliphatic heterocycles. The van der Waals surface area contributed by atoms with Gasteiger partial charge in [-0.25, -0.2) is 0 Å². The van der Waals surface area contributed by atoms with Gasteiger partial charge < -0.3 is 9.64 Å². The third-order valence-electron chi connectivity index (χ3n) is 3.45. The molecule has 0 aromatic carbocycles. The van der Waals surface area contributed by atoms with E-state index in [1.807, 2.05) is 6.92 Å². The summed E-state index contributed by atoms with van der Waals surface area (Å²) in [6.45, 7) is 2.56. The van der Waals surface area contributed by atoms with Crippen molar-refractivity contribution in [2.75, 3.05) is 20.2 Å². The number of esters is 1. The summed E-state index contributed by atoms with van der Waals surface area (Å²) in [4.78, 5) is 25.1. The van der Waals surface area contributed by atoms with Gasteiger partial charge in [-0.1, -0.05) is 25.7 Å². The van der Waals surface area contributed by atoms with Gasteiger partial charge in [0.15, 0.2) is 0 Å². The number of hydrogen-bond acceptors (Lipinski definition) is 3. The molecule has 0 unspecified atom stereocenters. The molecule has 0 N–H and O–H groups in total. The van der Waals surface area contributed by atoms with Crippen LogP contribution in [0.2, 0.25) is 0 Å². The monoisotopic (exact) mass is 241 g/mol. The van der Waals surface area contributed by atoms with E-state index in [-0.39, 0.29) is 24.3 Å². The molecule has 4 heteroatoms. The Balaban J connectivity index is 2.54. The Bertz CT molecular complexity index is 257. The Labute approximate surface area is 103 Å². The van der Waals surface area contributed by atoms with Crippen LogP contribution in [0.15, 0.2) is 0 Å². The van der Waals surface area contributed by atoms with Crippen molar-refractivity contribution >= 4 is 11.9 Å². The van der Waals surface area contributed by atoms with Crippen LogP contribution >= 0.6 is 0 Å². The Kier molecular flexibility index (Phi) is 6.01. The highest BCUT2D eigenvalue weighted by Gasteiger charge is 2.25. The lowest BCUT2D eigenvalue weighted by molar-refractivity contribution is -0.148. The molecular formula is C13H23NO3. The molecule has 0 aromatic rings. The normalized spacial score (nSPS) is 17.3. The molecule has 1 rings (SSSR count). The van der Waals surface area contributed by atoms with Crippen molar-refractivity contribution in [2.24, 2.45) is 5.92 Å². The number of hydrogen-bond donors (Lipinski definition) is 0. The molecule has 0 saturated heterocycles. The van der Waals surface area contributed by atoms with Crippen molar-refractivity contribution < 1.29 is 14.3 Å². The van der Waals surface area contributed by atoms with Crippen molar-refractivity contribution in [1.29, 1.82) is 0 Å². The van der Waals surface area contributed by atoms with Gasteiger partial charge in [-0.2, -0.15) is 0 Å². The molecule has 1 aliphatic carbocycles. The molecule has 0 bridgehead atoms. The van der Waals surface area contributed by atoms with Crippen LogP contribution in [0, 0.1) is 5.92 Å². The minimum Gasteiger partial charge on any atom is -0.468 e.